The van der Waals surface area contributed by atoms with Crippen LogP contribution in [0.5, 0.6) is 5.75 Å². The lowest BCUT2D eigenvalue weighted by Crippen LogP contribution is -2.56. The van der Waals surface area contributed by atoms with Crippen LogP contribution in [-0.4, -0.2) is 54.4 Å². The average Bonchev–Trinajstić information content (AvgIpc) is 3.52. The van der Waals surface area contributed by atoms with E-state index in [-0.39, 0.29) is 17.7 Å². The highest BCUT2D eigenvalue weighted by Gasteiger charge is 2.65. The fraction of sp³-hybridized carbons (Fsp3) is 0.286. The molecule has 2 heterocycles. The molecule has 194 valence electrons. The Morgan fingerprint density at radius 2 is 1.58 bits per heavy atom. The van der Waals surface area contributed by atoms with Crippen molar-refractivity contribution in [1.29, 1.82) is 0 Å². The van der Waals surface area contributed by atoms with Crippen molar-refractivity contribution >= 4 is 17.7 Å². The number of hydrogen-bond donors (Lipinski definition) is 0. The number of azo groups is 1. The summed E-state index contributed by atoms with van der Waals surface area (Å²) in [4.78, 5) is 40.4. The molecule has 10 heteroatoms. The molecule has 5 rings (SSSR count). The summed E-state index contributed by atoms with van der Waals surface area (Å²) in [5.74, 6) is -1.60. The summed E-state index contributed by atoms with van der Waals surface area (Å²) in [6, 6.07) is 16.7. The smallest absolute Gasteiger partial charge is 0.359 e. The first-order chi connectivity index (χ1) is 18.2. The lowest BCUT2D eigenvalue weighted by Gasteiger charge is -2.43. The number of aromatic nitrogens is 2. The van der Waals surface area contributed by atoms with E-state index in [4.69, 9.17) is 19.3 Å². The van der Waals surface area contributed by atoms with E-state index >= 15 is 0 Å². The molecule has 1 aromatic heterocycles. The van der Waals surface area contributed by atoms with Crippen LogP contribution in [0.1, 0.15) is 29.9 Å². The molecule has 0 saturated carbocycles. The molecule has 0 saturated heterocycles. The van der Waals surface area contributed by atoms with E-state index in [1.807, 2.05) is 42.5 Å². The maximum Gasteiger partial charge on any atom is 0.359 e. The first-order valence-electron chi connectivity index (χ1n) is 11.9. The number of methoxy groups -OCH3 is 3. The fourth-order valence-electron chi connectivity index (χ4n) is 5.25. The summed E-state index contributed by atoms with van der Waals surface area (Å²) in [7, 11) is 3.92. The number of benzene rings is 2. The second kappa shape index (κ2) is 9.05. The summed E-state index contributed by atoms with van der Waals surface area (Å²) in [6.45, 7) is 3.59. The minimum absolute atomic E-state index is 0.236. The quantitative estimate of drug-likeness (QED) is 0.470. The van der Waals surface area contributed by atoms with E-state index in [1.54, 1.807) is 37.8 Å². The normalized spacial score (nSPS) is 19.4. The zero-order chi connectivity index (χ0) is 27.2. The molecule has 1 aliphatic heterocycles. The molecule has 38 heavy (non-hydrogen) atoms. The van der Waals surface area contributed by atoms with Crippen molar-refractivity contribution in [2.24, 2.45) is 15.6 Å². The van der Waals surface area contributed by atoms with Crippen LogP contribution < -0.4 is 4.74 Å². The Kier molecular flexibility index (Phi) is 5.97. The highest BCUT2D eigenvalue weighted by Crippen LogP contribution is 2.54. The first kappa shape index (κ1) is 25.1. The van der Waals surface area contributed by atoms with Crippen molar-refractivity contribution < 1.29 is 28.6 Å². The summed E-state index contributed by atoms with van der Waals surface area (Å²) < 4.78 is 16.9. The predicted molar refractivity (Wildman–Crippen MR) is 136 cm³/mol. The number of Topliss-reactive ketones (excluding diaryl/α,β-unsaturated/α-hetero) is 1. The number of fused-ring (bicyclic) bond motifs is 1. The molecule has 3 aromatic rings. The van der Waals surface area contributed by atoms with Gasteiger partial charge in [0.1, 0.15) is 11.3 Å². The van der Waals surface area contributed by atoms with Crippen LogP contribution in [-0.2, 0) is 25.5 Å². The van der Waals surface area contributed by atoms with Gasteiger partial charge in [-0.2, -0.15) is 10.2 Å². The third-order valence-corrected chi connectivity index (χ3v) is 7.13. The topological polar surface area (TPSA) is 121 Å². The number of nitrogens with zero attached hydrogens (tertiary/aromatic N) is 4. The number of ether oxygens (including phenoxy) is 3. The maximum atomic E-state index is 14.7. The van der Waals surface area contributed by atoms with E-state index < -0.39 is 28.7 Å². The van der Waals surface area contributed by atoms with Gasteiger partial charge in [0.05, 0.1) is 44.0 Å². The predicted octanol–water partition coefficient (Wildman–Crippen LogP) is 4.12. The zero-order valence-corrected chi connectivity index (χ0v) is 21.6. The van der Waals surface area contributed by atoms with Crippen molar-refractivity contribution in [2.75, 3.05) is 21.3 Å². The van der Waals surface area contributed by atoms with Crippen LogP contribution in [0, 0.1) is 5.41 Å². The Morgan fingerprint density at radius 1 is 0.921 bits per heavy atom. The Bertz CT molecular complexity index is 1520. The van der Waals surface area contributed by atoms with E-state index in [2.05, 4.69) is 10.2 Å². The molecule has 0 amide bonds. The third-order valence-electron chi connectivity index (χ3n) is 7.13. The van der Waals surface area contributed by atoms with Gasteiger partial charge in [-0.15, -0.1) is 5.11 Å². The highest BCUT2D eigenvalue weighted by molar-refractivity contribution is 6.18. The van der Waals surface area contributed by atoms with Gasteiger partial charge in [-0.1, -0.05) is 32.0 Å². The van der Waals surface area contributed by atoms with Gasteiger partial charge >= 0.3 is 11.9 Å². The summed E-state index contributed by atoms with van der Waals surface area (Å²) in [6.07, 6.45) is 0.269. The van der Waals surface area contributed by atoms with Gasteiger partial charge in [0.25, 0.3) is 0 Å². The first-order valence-corrected chi connectivity index (χ1v) is 11.9. The minimum atomic E-state index is -1.82. The van der Waals surface area contributed by atoms with Crippen molar-refractivity contribution in [2.45, 2.75) is 25.8 Å². The molecule has 2 aromatic carbocycles. The molecule has 1 aliphatic carbocycles. The number of ketones is 1. The van der Waals surface area contributed by atoms with Crippen molar-refractivity contribution in [1.82, 2.24) is 9.78 Å². The van der Waals surface area contributed by atoms with E-state index in [0.29, 0.717) is 28.3 Å². The van der Waals surface area contributed by atoms with Gasteiger partial charge in [-0.05, 0) is 36.4 Å². The second-order valence-electron chi connectivity index (χ2n) is 9.65. The number of hydrogen-bond acceptors (Lipinski definition) is 9. The van der Waals surface area contributed by atoms with Crippen LogP contribution in [0.15, 0.2) is 76.1 Å². The van der Waals surface area contributed by atoms with Crippen molar-refractivity contribution in [3.8, 4) is 22.7 Å². The summed E-state index contributed by atoms with van der Waals surface area (Å²) >= 11 is 0. The number of para-hydroxylation sites is 1. The maximum absolute atomic E-state index is 14.7. The van der Waals surface area contributed by atoms with Crippen LogP contribution >= 0.6 is 0 Å². The molecule has 0 radical (unpaired) electrons. The second-order valence-corrected chi connectivity index (χ2v) is 9.65. The fourth-order valence-corrected chi connectivity index (χ4v) is 5.25. The summed E-state index contributed by atoms with van der Waals surface area (Å²) in [5, 5.41) is 13.2. The highest BCUT2D eigenvalue weighted by atomic mass is 16.5. The van der Waals surface area contributed by atoms with E-state index in [1.165, 1.54) is 14.2 Å². The molecule has 0 N–H and O–H groups in total. The third kappa shape index (κ3) is 3.47. The van der Waals surface area contributed by atoms with E-state index in [9.17, 15) is 14.4 Å². The standard InChI is InChI=1S/C28H26N4O6/c1-27(2)15-19-20(24(33)28(27)21(25(34)37-4)22(29-31-28)26(35)38-5)23(16-11-13-18(36-3)14-12-16)32(30-19)17-9-7-6-8-10-17/h6-14H,15H2,1-5H3. The van der Waals surface area contributed by atoms with E-state index in [0.717, 1.165) is 5.69 Å². The largest absolute Gasteiger partial charge is 0.497 e. The number of rotatable bonds is 5. The lowest BCUT2D eigenvalue weighted by molar-refractivity contribution is -0.139. The van der Waals surface area contributed by atoms with Gasteiger partial charge < -0.3 is 14.2 Å². The van der Waals surface area contributed by atoms with Gasteiger partial charge in [0, 0.05) is 17.4 Å². The number of carbonyl (C=O) groups is 3. The molecule has 0 fully saturated rings. The molecule has 1 spiro atoms. The molecule has 0 bridgehead atoms. The van der Waals surface area contributed by atoms with Crippen molar-refractivity contribution in [3.05, 3.63) is 77.1 Å². The Hall–Kier alpha value is -4.60. The lowest BCUT2D eigenvalue weighted by atomic mass is 9.59. The Morgan fingerprint density at radius 3 is 2.18 bits per heavy atom. The van der Waals surface area contributed by atoms with Gasteiger partial charge in [-0.3, -0.25) is 4.79 Å². The monoisotopic (exact) mass is 514 g/mol. The summed E-state index contributed by atoms with van der Waals surface area (Å²) in [5.41, 5.74) is -0.560. The zero-order valence-electron chi connectivity index (χ0n) is 21.6. The molecule has 2 aliphatic rings. The molecular formula is C28H26N4O6. The van der Waals surface area contributed by atoms with Gasteiger partial charge in [0.2, 0.25) is 5.78 Å². The SMILES string of the molecule is COC(=O)C1=C(C(=O)OC)C2(N=N1)C(=O)c1c(nn(-c3ccccc3)c1-c1ccc(OC)cc1)CC2(C)C. The van der Waals surface area contributed by atoms with Crippen molar-refractivity contribution in [3.63, 3.8) is 0 Å². The molecule has 1 unspecified atom stereocenters. The molecule has 10 nitrogen and oxygen atoms in total. The number of esters is 2. The van der Waals surface area contributed by atoms with Crippen LogP contribution in [0.25, 0.3) is 16.9 Å². The molecular weight excluding hydrogens is 488 g/mol. The van der Waals surface area contributed by atoms with Crippen LogP contribution in [0.4, 0.5) is 0 Å². The minimum Gasteiger partial charge on any atom is -0.497 e. The van der Waals surface area contributed by atoms with Gasteiger partial charge in [-0.25, -0.2) is 14.3 Å². The Labute approximate surface area is 218 Å². The average molecular weight is 515 g/mol. The van der Waals surface area contributed by atoms with Crippen LogP contribution in [0.3, 0.4) is 0 Å². The molecule has 1 atom stereocenters. The van der Waals surface area contributed by atoms with Gasteiger partial charge in [0.15, 0.2) is 11.2 Å². The number of carbonyl (C=O) groups excluding carboxylic acids is 3. The Balaban J connectivity index is 1.82. The van der Waals surface area contributed by atoms with Crippen LogP contribution in [0.2, 0.25) is 0 Å².